The molecule has 24 heavy (non-hydrogen) atoms. The largest absolute Gasteiger partial charge is 0.484 e. The number of benzene rings is 2. The van der Waals surface area contributed by atoms with E-state index in [0.717, 1.165) is 5.56 Å². The van der Waals surface area contributed by atoms with Crippen LogP contribution in [0.1, 0.15) is 24.1 Å². The van der Waals surface area contributed by atoms with Crippen molar-refractivity contribution in [1.29, 1.82) is 0 Å². The predicted molar refractivity (Wildman–Crippen MR) is 91.3 cm³/mol. The van der Waals surface area contributed by atoms with Crippen molar-refractivity contribution in [1.82, 2.24) is 5.32 Å². The molecule has 2 aromatic carbocycles. The number of amides is 1. The van der Waals surface area contributed by atoms with Crippen LogP contribution in [0.25, 0.3) is 0 Å². The molecular formula is C18H18ClNO4. The third-order valence-corrected chi connectivity index (χ3v) is 3.65. The monoisotopic (exact) mass is 347 g/mol. The van der Waals surface area contributed by atoms with Crippen LogP contribution < -0.4 is 10.1 Å². The molecule has 1 atom stereocenters. The number of carboxylic acids is 1. The number of hydrogen-bond donors (Lipinski definition) is 2. The second-order valence-electron chi connectivity index (χ2n) is 5.34. The maximum Gasteiger partial charge on any atom is 0.307 e. The zero-order chi connectivity index (χ0) is 17.5. The maximum absolute atomic E-state index is 11.9. The fourth-order valence-electron chi connectivity index (χ4n) is 2.14. The Labute approximate surface area is 145 Å². The Morgan fingerprint density at radius 2 is 1.75 bits per heavy atom. The number of rotatable bonds is 7. The zero-order valence-corrected chi connectivity index (χ0v) is 13.9. The average Bonchev–Trinajstić information content (AvgIpc) is 2.54. The Morgan fingerprint density at radius 1 is 1.12 bits per heavy atom. The van der Waals surface area contributed by atoms with Crippen LogP contribution in [0.4, 0.5) is 0 Å². The van der Waals surface area contributed by atoms with Gasteiger partial charge >= 0.3 is 5.97 Å². The second-order valence-corrected chi connectivity index (χ2v) is 5.78. The van der Waals surface area contributed by atoms with Gasteiger partial charge in [0.05, 0.1) is 12.5 Å². The maximum atomic E-state index is 11.9. The summed E-state index contributed by atoms with van der Waals surface area (Å²) in [4.78, 5) is 22.6. The summed E-state index contributed by atoms with van der Waals surface area (Å²) in [6, 6.07) is 13.7. The van der Waals surface area contributed by atoms with Gasteiger partial charge in [-0.25, -0.2) is 0 Å². The minimum Gasteiger partial charge on any atom is -0.484 e. The smallest absolute Gasteiger partial charge is 0.307 e. The molecule has 0 aliphatic heterocycles. The topological polar surface area (TPSA) is 75.6 Å². The van der Waals surface area contributed by atoms with Crippen LogP contribution in [0.3, 0.4) is 0 Å². The molecule has 0 aliphatic rings. The van der Waals surface area contributed by atoms with E-state index in [9.17, 15) is 9.59 Å². The van der Waals surface area contributed by atoms with Gasteiger partial charge in [0, 0.05) is 5.02 Å². The number of aliphatic carboxylic acids is 1. The Bertz CT molecular complexity index is 698. The lowest BCUT2D eigenvalue weighted by molar-refractivity contribution is -0.136. The molecule has 2 N–H and O–H groups in total. The molecule has 0 spiro atoms. The molecule has 0 saturated carbocycles. The highest BCUT2D eigenvalue weighted by Gasteiger charge is 2.10. The van der Waals surface area contributed by atoms with E-state index >= 15 is 0 Å². The van der Waals surface area contributed by atoms with Crippen molar-refractivity contribution in [3.8, 4) is 5.75 Å². The molecular weight excluding hydrogens is 330 g/mol. The number of nitrogens with one attached hydrogen (secondary N) is 1. The van der Waals surface area contributed by atoms with Gasteiger partial charge in [0.2, 0.25) is 0 Å². The SMILES string of the molecule is C[C@H](NC(=O)COc1ccc(CC(=O)O)cc1)c1ccc(Cl)cc1. The summed E-state index contributed by atoms with van der Waals surface area (Å²) < 4.78 is 5.40. The fraction of sp³-hybridized carbons (Fsp3) is 0.222. The summed E-state index contributed by atoms with van der Waals surface area (Å²) >= 11 is 5.84. The minimum atomic E-state index is -0.890. The van der Waals surface area contributed by atoms with E-state index in [4.69, 9.17) is 21.4 Å². The molecule has 0 aliphatic carbocycles. The average molecular weight is 348 g/mol. The Balaban J connectivity index is 1.82. The molecule has 6 heteroatoms. The van der Waals surface area contributed by atoms with E-state index in [1.807, 2.05) is 19.1 Å². The van der Waals surface area contributed by atoms with Crippen LogP contribution in [-0.4, -0.2) is 23.6 Å². The van der Waals surface area contributed by atoms with Crippen LogP contribution in [0.5, 0.6) is 5.75 Å². The molecule has 1 amide bonds. The Morgan fingerprint density at radius 3 is 2.33 bits per heavy atom. The number of hydrogen-bond acceptors (Lipinski definition) is 3. The molecule has 2 rings (SSSR count). The molecule has 0 fully saturated rings. The predicted octanol–water partition coefficient (Wildman–Crippen LogP) is 3.22. The summed E-state index contributed by atoms with van der Waals surface area (Å²) in [7, 11) is 0. The summed E-state index contributed by atoms with van der Waals surface area (Å²) in [5.74, 6) is -0.621. The van der Waals surface area contributed by atoms with Crippen LogP contribution in [0, 0.1) is 0 Å². The van der Waals surface area contributed by atoms with Crippen LogP contribution in [0.2, 0.25) is 5.02 Å². The van der Waals surface area contributed by atoms with E-state index in [1.165, 1.54) is 0 Å². The van der Waals surface area contributed by atoms with E-state index < -0.39 is 5.97 Å². The molecule has 0 unspecified atom stereocenters. The summed E-state index contributed by atoms with van der Waals surface area (Å²) in [5.41, 5.74) is 1.63. The lowest BCUT2D eigenvalue weighted by Crippen LogP contribution is -2.31. The van der Waals surface area contributed by atoms with Gasteiger partial charge in [-0.1, -0.05) is 35.9 Å². The molecule has 5 nitrogen and oxygen atoms in total. The number of carboxylic acid groups (broad SMARTS) is 1. The second kappa shape index (κ2) is 8.36. The molecule has 2 aromatic rings. The minimum absolute atomic E-state index is 0.0423. The number of carbonyl (C=O) groups is 2. The normalized spacial score (nSPS) is 11.6. The van der Waals surface area contributed by atoms with Gasteiger partial charge in [0.25, 0.3) is 5.91 Å². The van der Waals surface area contributed by atoms with Gasteiger partial charge < -0.3 is 15.2 Å². The van der Waals surface area contributed by atoms with E-state index in [-0.39, 0.29) is 25.0 Å². The number of ether oxygens (including phenoxy) is 1. The number of halogens is 1. The first-order chi connectivity index (χ1) is 11.4. The van der Waals surface area contributed by atoms with E-state index in [1.54, 1.807) is 36.4 Å². The standard InChI is InChI=1S/C18H18ClNO4/c1-12(14-4-6-15(19)7-5-14)20-17(21)11-24-16-8-2-13(3-9-16)10-18(22)23/h2-9,12H,10-11H2,1H3,(H,20,21)(H,22,23)/t12-/m0/s1. The first kappa shape index (κ1) is 17.8. The molecule has 126 valence electrons. The third kappa shape index (κ3) is 5.59. The highest BCUT2D eigenvalue weighted by molar-refractivity contribution is 6.30. The highest BCUT2D eigenvalue weighted by atomic mass is 35.5. The third-order valence-electron chi connectivity index (χ3n) is 3.40. The van der Waals surface area contributed by atoms with Crippen molar-refractivity contribution in [3.05, 3.63) is 64.7 Å². The first-order valence-corrected chi connectivity index (χ1v) is 7.80. The summed E-state index contributed by atoms with van der Waals surface area (Å²) in [6.07, 6.45) is -0.0423. The van der Waals surface area contributed by atoms with Crippen molar-refractivity contribution in [3.63, 3.8) is 0 Å². The van der Waals surface area contributed by atoms with Crippen molar-refractivity contribution in [2.45, 2.75) is 19.4 Å². The zero-order valence-electron chi connectivity index (χ0n) is 13.2. The Hall–Kier alpha value is -2.53. The van der Waals surface area contributed by atoms with Crippen LogP contribution in [-0.2, 0) is 16.0 Å². The van der Waals surface area contributed by atoms with E-state index in [0.29, 0.717) is 16.3 Å². The van der Waals surface area contributed by atoms with Crippen molar-refractivity contribution >= 4 is 23.5 Å². The lowest BCUT2D eigenvalue weighted by Gasteiger charge is -2.15. The Kier molecular flexibility index (Phi) is 6.21. The van der Waals surface area contributed by atoms with Crippen LogP contribution in [0.15, 0.2) is 48.5 Å². The van der Waals surface area contributed by atoms with Gasteiger partial charge in [-0.3, -0.25) is 9.59 Å². The van der Waals surface area contributed by atoms with Gasteiger partial charge in [0.1, 0.15) is 5.75 Å². The van der Waals surface area contributed by atoms with Gasteiger partial charge in [-0.2, -0.15) is 0 Å². The quantitative estimate of drug-likeness (QED) is 0.806. The van der Waals surface area contributed by atoms with Gasteiger partial charge in [-0.15, -0.1) is 0 Å². The summed E-state index contributed by atoms with van der Waals surface area (Å²) in [6.45, 7) is 1.76. The highest BCUT2D eigenvalue weighted by Crippen LogP contribution is 2.16. The lowest BCUT2D eigenvalue weighted by atomic mass is 10.1. The molecule has 0 aromatic heterocycles. The van der Waals surface area contributed by atoms with E-state index in [2.05, 4.69) is 5.32 Å². The molecule has 0 radical (unpaired) electrons. The first-order valence-electron chi connectivity index (χ1n) is 7.42. The van der Waals surface area contributed by atoms with Crippen molar-refractivity contribution in [2.75, 3.05) is 6.61 Å². The fourth-order valence-corrected chi connectivity index (χ4v) is 2.27. The molecule has 0 heterocycles. The number of carbonyl (C=O) groups excluding carboxylic acids is 1. The molecule has 0 saturated heterocycles. The van der Waals surface area contributed by atoms with Crippen LogP contribution >= 0.6 is 11.6 Å². The summed E-state index contributed by atoms with van der Waals surface area (Å²) in [5, 5.41) is 12.2. The van der Waals surface area contributed by atoms with Gasteiger partial charge in [0.15, 0.2) is 6.61 Å². The van der Waals surface area contributed by atoms with Gasteiger partial charge in [-0.05, 0) is 42.3 Å². The van der Waals surface area contributed by atoms with Crippen molar-refractivity contribution < 1.29 is 19.4 Å². The van der Waals surface area contributed by atoms with Crippen molar-refractivity contribution in [2.24, 2.45) is 0 Å². The molecule has 0 bridgehead atoms.